The van der Waals surface area contributed by atoms with E-state index in [0.29, 0.717) is 5.56 Å². The lowest BCUT2D eigenvalue weighted by Crippen LogP contribution is -1.98. The summed E-state index contributed by atoms with van der Waals surface area (Å²) >= 11 is 0. The summed E-state index contributed by atoms with van der Waals surface area (Å²) in [7, 11) is 0. The Morgan fingerprint density at radius 3 is 2.52 bits per heavy atom. The number of ether oxygens (including phenoxy) is 1. The molecular weight excluding hydrogens is 277 g/mol. The van der Waals surface area contributed by atoms with Gasteiger partial charge in [-0.15, -0.1) is 0 Å². The number of Topliss-reactive ketones (excluding diaryl/α,β-unsaturated/α-hetero) is 1. The molecule has 0 heterocycles. The number of aryl methyl sites for hydroxylation is 1. The van der Waals surface area contributed by atoms with E-state index < -0.39 is 10.7 Å². The Morgan fingerprint density at radius 2 is 1.95 bits per heavy atom. The number of hydrogen-bond acceptors (Lipinski definition) is 4. The monoisotopic (exact) mass is 289 g/mol. The van der Waals surface area contributed by atoms with Gasteiger partial charge in [-0.05, 0) is 38.1 Å². The Labute approximate surface area is 120 Å². The van der Waals surface area contributed by atoms with Crippen molar-refractivity contribution in [2.75, 3.05) is 0 Å². The van der Waals surface area contributed by atoms with E-state index in [1.54, 1.807) is 19.1 Å². The molecule has 0 amide bonds. The highest BCUT2D eigenvalue weighted by atomic mass is 19.1. The minimum Gasteiger partial charge on any atom is -0.447 e. The molecular formula is C15H12FNO4. The quantitative estimate of drug-likeness (QED) is 0.484. The van der Waals surface area contributed by atoms with Gasteiger partial charge in [0, 0.05) is 11.1 Å². The summed E-state index contributed by atoms with van der Waals surface area (Å²) in [5.41, 5.74) is 0.407. The van der Waals surface area contributed by atoms with Crippen molar-refractivity contribution in [3.8, 4) is 11.5 Å². The largest absolute Gasteiger partial charge is 0.447 e. The van der Waals surface area contributed by atoms with Crippen molar-refractivity contribution < 1.29 is 18.8 Å². The van der Waals surface area contributed by atoms with Gasteiger partial charge >= 0.3 is 5.69 Å². The average Bonchev–Trinajstić information content (AvgIpc) is 2.40. The van der Waals surface area contributed by atoms with Gasteiger partial charge in [-0.3, -0.25) is 14.9 Å². The van der Waals surface area contributed by atoms with E-state index >= 15 is 0 Å². The maximum absolute atomic E-state index is 13.9. The number of nitro benzene ring substituents is 1. The summed E-state index contributed by atoms with van der Waals surface area (Å²) in [6, 6.07) is 8.27. The zero-order valence-corrected chi connectivity index (χ0v) is 11.4. The molecule has 0 fully saturated rings. The standard InChI is InChI=1S/C15H12FNO4/c1-9-4-3-5-14(15(9)17(19)20)21-13-7-6-11(10(2)18)8-12(13)16/h3-8H,1-2H3. The van der Waals surface area contributed by atoms with Gasteiger partial charge < -0.3 is 4.74 Å². The molecule has 0 aliphatic rings. The van der Waals surface area contributed by atoms with Crippen molar-refractivity contribution in [3.63, 3.8) is 0 Å². The van der Waals surface area contributed by atoms with Gasteiger partial charge in [0.05, 0.1) is 4.92 Å². The highest BCUT2D eigenvalue weighted by Crippen LogP contribution is 2.34. The summed E-state index contributed by atoms with van der Waals surface area (Å²) < 4.78 is 19.2. The minimum atomic E-state index is -0.751. The Bertz CT molecular complexity index is 728. The van der Waals surface area contributed by atoms with Crippen molar-refractivity contribution in [2.45, 2.75) is 13.8 Å². The molecule has 2 rings (SSSR count). The highest BCUT2D eigenvalue weighted by molar-refractivity contribution is 5.94. The molecule has 0 aliphatic heterocycles. The second kappa shape index (κ2) is 5.70. The fourth-order valence-electron chi connectivity index (χ4n) is 1.87. The molecule has 21 heavy (non-hydrogen) atoms. The number of hydrogen-bond donors (Lipinski definition) is 0. The molecule has 0 atom stereocenters. The van der Waals surface area contributed by atoms with E-state index in [1.807, 2.05) is 0 Å². The van der Waals surface area contributed by atoms with E-state index in [0.717, 1.165) is 6.07 Å². The molecule has 2 aromatic carbocycles. The SMILES string of the molecule is CC(=O)c1ccc(Oc2cccc(C)c2[N+](=O)[O-])c(F)c1. The normalized spacial score (nSPS) is 10.2. The maximum Gasteiger partial charge on any atom is 0.314 e. The highest BCUT2D eigenvalue weighted by Gasteiger charge is 2.20. The summed E-state index contributed by atoms with van der Waals surface area (Å²) in [5, 5.41) is 11.0. The first-order chi connectivity index (χ1) is 9.90. The minimum absolute atomic E-state index is 0.0468. The fraction of sp³-hybridized carbons (Fsp3) is 0.133. The van der Waals surface area contributed by atoms with Gasteiger partial charge in [0.25, 0.3) is 0 Å². The first-order valence-electron chi connectivity index (χ1n) is 6.12. The van der Waals surface area contributed by atoms with Crippen molar-refractivity contribution in [2.24, 2.45) is 0 Å². The third-order valence-corrected chi connectivity index (χ3v) is 2.94. The molecule has 108 valence electrons. The molecule has 0 saturated heterocycles. The number of benzene rings is 2. The van der Waals surface area contributed by atoms with Crippen LogP contribution in [-0.4, -0.2) is 10.7 Å². The number of nitro groups is 1. The van der Waals surface area contributed by atoms with Crippen LogP contribution in [0.25, 0.3) is 0 Å². The van der Waals surface area contributed by atoms with Crippen molar-refractivity contribution in [1.29, 1.82) is 0 Å². The summed E-state index contributed by atoms with van der Waals surface area (Å²) in [5.74, 6) is -1.25. The summed E-state index contributed by atoms with van der Waals surface area (Å²) in [4.78, 5) is 21.6. The molecule has 0 spiro atoms. The lowest BCUT2D eigenvalue weighted by Gasteiger charge is -2.09. The van der Waals surface area contributed by atoms with Crippen LogP contribution in [0, 0.1) is 22.9 Å². The predicted molar refractivity (Wildman–Crippen MR) is 74.3 cm³/mol. The third kappa shape index (κ3) is 3.05. The molecule has 6 heteroatoms. The van der Waals surface area contributed by atoms with Gasteiger partial charge in [-0.1, -0.05) is 12.1 Å². The number of ketones is 1. The second-order valence-electron chi connectivity index (χ2n) is 4.48. The number of carbonyl (C=O) groups excluding carboxylic acids is 1. The lowest BCUT2D eigenvalue weighted by atomic mass is 10.1. The molecule has 0 saturated carbocycles. The van der Waals surface area contributed by atoms with Crippen LogP contribution in [0.4, 0.5) is 10.1 Å². The zero-order valence-electron chi connectivity index (χ0n) is 11.4. The molecule has 0 N–H and O–H groups in total. The lowest BCUT2D eigenvalue weighted by molar-refractivity contribution is -0.386. The number of rotatable bonds is 4. The van der Waals surface area contributed by atoms with Crippen LogP contribution in [0.5, 0.6) is 11.5 Å². The Balaban J connectivity index is 2.42. The number of nitrogens with zero attached hydrogens (tertiary/aromatic N) is 1. The van der Waals surface area contributed by atoms with Crippen LogP contribution in [0.3, 0.4) is 0 Å². The number of para-hydroxylation sites is 1. The number of halogens is 1. The van der Waals surface area contributed by atoms with Crippen LogP contribution >= 0.6 is 0 Å². The Hall–Kier alpha value is -2.76. The van der Waals surface area contributed by atoms with Crippen LogP contribution in [0.15, 0.2) is 36.4 Å². The van der Waals surface area contributed by atoms with Crippen molar-refractivity contribution >= 4 is 11.5 Å². The first kappa shape index (κ1) is 14.6. The van der Waals surface area contributed by atoms with E-state index in [9.17, 15) is 19.3 Å². The Morgan fingerprint density at radius 1 is 1.24 bits per heavy atom. The fourth-order valence-corrected chi connectivity index (χ4v) is 1.87. The van der Waals surface area contributed by atoms with Crippen molar-refractivity contribution in [3.05, 3.63) is 63.5 Å². The number of carbonyl (C=O) groups is 1. The molecule has 0 aliphatic carbocycles. The summed E-state index contributed by atoms with van der Waals surface area (Å²) in [6.07, 6.45) is 0. The van der Waals surface area contributed by atoms with E-state index in [2.05, 4.69) is 0 Å². The smallest absolute Gasteiger partial charge is 0.314 e. The van der Waals surface area contributed by atoms with Gasteiger partial charge in [0.1, 0.15) is 0 Å². The van der Waals surface area contributed by atoms with Gasteiger partial charge in [0.2, 0.25) is 5.75 Å². The molecule has 0 radical (unpaired) electrons. The van der Waals surface area contributed by atoms with E-state index in [4.69, 9.17) is 4.74 Å². The maximum atomic E-state index is 13.9. The van der Waals surface area contributed by atoms with Crippen molar-refractivity contribution in [1.82, 2.24) is 0 Å². The third-order valence-electron chi connectivity index (χ3n) is 2.94. The van der Waals surface area contributed by atoms with Gasteiger partial charge in [-0.2, -0.15) is 0 Å². The summed E-state index contributed by atoms with van der Waals surface area (Å²) in [6.45, 7) is 2.89. The molecule has 2 aromatic rings. The van der Waals surface area contributed by atoms with Crippen LogP contribution in [-0.2, 0) is 0 Å². The van der Waals surface area contributed by atoms with E-state index in [-0.39, 0.29) is 28.5 Å². The Kier molecular flexibility index (Phi) is 3.98. The van der Waals surface area contributed by atoms with Crippen LogP contribution in [0.1, 0.15) is 22.8 Å². The zero-order chi connectivity index (χ0) is 15.6. The molecule has 5 nitrogen and oxygen atoms in total. The van der Waals surface area contributed by atoms with Crippen LogP contribution < -0.4 is 4.74 Å². The molecule has 0 unspecified atom stereocenters. The topological polar surface area (TPSA) is 69.4 Å². The van der Waals surface area contributed by atoms with Gasteiger partial charge in [-0.25, -0.2) is 4.39 Å². The second-order valence-corrected chi connectivity index (χ2v) is 4.48. The van der Waals surface area contributed by atoms with E-state index in [1.165, 1.54) is 25.1 Å². The van der Waals surface area contributed by atoms with Gasteiger partial charge in [0.15, 0.2) is 17.3 Å². The van der Waals surface area contributed by atoms with Crippen LogP contribution in [0.2, 0.25) is 0 Å². The molecule has 0 bridgehead atoms. The average molecular weight is 289 g/mol. The predicted octanol–water partition coefficient (Wildman–Crippen LogP) is 4.04. The molecule has 0 aromatic heterocycles. The first-order valence-corrected chi connectivity index (χ1v) is 6.12.